The van der Waals surface area contributed by atoms with E-state index in [1.807, 2.05) is 19.1 Å². The number of carbonyl (C=O) groups is 1. The number of quaternary nitrogens is 1. The quantitative estimate of drug-likeness (QED) is 0.302. The van der Waals surface area contributed by atoms with Crippen molar-refractivity contribution in [3.63, 3.8) is 0 Å². The van der Waals surface area contributed by atoms with E-state index in [9.17, 15) is 13.2 Å². The van der Waals surface area contributed by atoms with Gasteiger partial charge in [-0.25, -0.2) is 18.4 Å². The van der Waals surface area contributed by atoms with E-state index in [4.69, 9.17) is 23.1 Å². The van der Waals surface area contributed by atoms with E-state index < -0.39 is 15.7 Å². The van der Waals surface area contributed by atoms with Crippen LogP contribution in [0.3, 0.4) is 0 Å². The van der Waals surface area contributed by atoms with Crippen LogP contribution < -0.4 is 16.8 Å². The molecule has 0 spiro atoms. The Balaban J connectivity index is 1.67. The highest BCUT2D eigenvalue weighted by Gasteiger charge is 2.19. The largest absolute Gasteiger partial charge is 0.382 e. The number of halogens is 1. The molecule has 2 rings (SSSR count). The van der Waals surface area contributed by atoms with Crippen LogP contribution in [0.1, 0.15) is 41.7 Å². The summed E-state index contributed by atoms with van der Waals surface area (Å²) >= 11 is 5.82. The van der Waals surface area contributed by atoms with Gasteiger partial charge in [-0.3, -0.25) is 4.79 Å². The van der Waals surface area contributed by atoms with Gasteiger partial charge >= 0.3 is 0 Å². The van der Waals surface area contributed by atoms with Gasteiger partial charge in [-0.2, -0.15) is 0 Å². The SMILES string of the molecule is Cc1ccc(S(=O)(=O)CCCCCC[N+](C)(C)CCNC(=O)c2nc(Cl)c(N)nc2N)cc1. The fourth-order valence-electron chi connectivity index (χ4n) is 3.33. The summed E-state index contributed by atoms with van der Waals surface area (Å²) in [5, 5.41) is 2.73. The Labute approximate surface area is 201 Å². The van der Waals surface area contributed by atoms with Crippen molar-refractivity contribution in [2.45, 2.75) is 37.5 Å². The number of rotatable bonds is 12. The number of nitrogens with one attached hydrogen (secondary N) is 1. The predicted molar refractivity (Wildman–Crippen MR) is 132 cm³/mol. The van der Waals surface area contributed by atoms with Crippen LogP contribution in [0.25, 0.3) is 0 Å². The van der Waals surface area contributed by atoms with Crippen molar-refractivity contribution < 1.29 is 17.7 Å². The van der Waals surface area contributed by atoms with Crippen LogP contribution in [-0.2, 0) is 9.84 Å². The Morgan fingerprint density at radius 3 is 2.30 bits per heavy atom. The van der Waals surface area contributed by atoms with Crippen molar-refractivity contribution >= 4 is 39.0 Å². The molecule has 33 heavy (non-hydrogen) atoms. The number of aryl methyl sites for hydroxylation is 1. The summed E-state index contributed by atoms with van der Waals surface area (Å²) < 4.78 is 25.5. The first-order valence-corrected chi connectivity index (χ1v) is 12.9. The van der Waals surface area contributed by atoms with Crippen molar-refractivity contribution in [3.8, 4) is 0 Å². The molecule has 182 valence electrons. The summed E-state index contributed by atoms with van der Waals surface area (Å²) in [6, 6.07) is 6.99. The smallest absolute Gasteiger partial charge is 0.273 e. The van der Waals surface area contributed by atoms with Gasteiger partial charge < -0.3 is 21.3 Å². The molecule has 0 atom stereocenters. The number of amides is 1. The van der Waals surface area contributed by atoms with Gasteiger partial charge in [-0.15, -0.1) is 0 Å². The van der Waals surface area contributed by atoms with Crippen molar-refractivity contribution in [1.29, 1.82) is 0 Å². The molecule has 0 bridgehead atoms. The Kier molecular flexibility index (Phi) is 9.45. The zero-order valence-corrected chi connectivity index (χ0v) is 21.0. The Hall–Kier alpha value is -2.43. The van der Waals surface area contributed by atoms with Crippen molar-refractivity contribution in [2.24, 2.45) is 0 Å². The number of anilines is 2. The molecule has 11 heteroatoms. The summed E-state index contributed by atoms with van der Waals surface area (Å²) in [6.07, 6.45) is 3.43. The lowest BCUT2D eigenvalue weighted by atomic mass is 10.2. The molecule has 0 aliphatic carbocycles. The molecule has 5 N–H and O–H groups in total. The number of nitrogens with zero attached hydrogens (tertiary/aromatic N) is 3. The Morgan fingerprint density at radius 2 is 1.64 bits per heavy atom. The molecule has 9 nitrogen and oxygen atoms in total. The summed E-state index contributed by atoms with van der Waals surface area (Å²) in [4.78, 5) is 20.4. The number of benzene rings is 1. The van der Waals surface area contributed by atoms with E-state index in [-0.39, 0.29) is 28.2 Å². The first-order valence-electron chi connectivity index (χ1n) is 10.9. The van der Waals surface area contributed by atoms with Crippen LogP contribution in [-0.4, -0.2) is 68.3 Å². The first-order chi connectivity index (χ1) is 15.4. The molecule has 1 aromatic heterocycles. The molecule has 0 aliphatic rings. The third kappa shape index (κ3) is 8.45. The fourth-order valence-corrected chi connectivity index (χ4v) is 4.82. The van der Waals surface area contributed by atoms with Crippen molar-refractivity contribution in [2.75, 3.05) is 50.9 Å². The highest BCUT2D eigenvalue weighted by Crippen LogP contribution is 2.17. The van der Waals surface area contributed by atoms with E-state index >= 15 is 0 Å². The van der Waals surface area contributed by atoms with Crippen LogP contribution in [0.5, 0.6) is 0 Å². The van der Waals surface area contributed by atoms with Gasteiger partial charge in [-0.1, -0.05) is 35.7 Å². The number of likely N-dealkylation sites (N-methyl/N-ethyl adjacent to an activating group) is 1. The van der Waals surface area contributed by atoms with Crippen molar-refractivity contribution in [3.05, 3.63) is 40.7 Å². The van der Waals surface area contributed by atoms with Gasteiger partial charge in [0.1, 0.15) is 0 Å². The molecule has 2 aromatic rings. The van der Waals surface area contributed by atoms with Gasteiger partial charge in [0.25, 0.3) is 5.91 Å². The number of carbonyl (C=O) groups excluding carboxylic acids is 1. The van der Waals surface area contributed by atoms with Gasteiger partial charge in [0.15, 0.2) is 32.3 Å². The average molecular weight is 498 g/mol. The highest BCUT2D eigenvalue weighted by atomic mass is 35.5. The minimum atomic E-state index is -3.22. The standard InChI is InChI=1S/C22H33ClN6O3S/c1-16-8-10-17(11-9-16)33(31,32)15-7-5-4-6-13-29(2,3)14-12-26-22(30)18-20(24)28-21(25)19(23)27-18/h8-11H,4-7,12-15H2,1-3H3,(H4-,24,25,26,28,30)/p+1. The topological polar surface area (TPSA) is 141 Å². The van der Waals surface area contributed by atoms with Gasteiger partial charge in [-0.05, 0) is 38.3 Å². The second kappa shape index (κ2) is 11.6. The van der Waals surface area contributed by atoms with Crippen LogP contribution in [0, 0.1) is 6.92 Å². The minimum absolute atomic E-state index is 0.0173. The number of aromatic nitrogens is 2. The van der Waals surface area contributed by atoms with E-state index in [0.29, 0.717) is 28.9 Å². The molecular formula is C22H34ClN6O3S+. The molecule has 1 aromatic carbocycles. The van der Waals surface area contributed by atoms with Crippen LogP contribution >= 0.6 is 11.6 Å². The lowest BCUT2D eigenvalue weighted by Gasteiger charge is -2.30. The molecule has 0 fully saturated rings. The molecule has 0 aliphatic heterocycles. The normalized spacial score (nSPS) is 12.0. The second-order valence-corrected chi connectivity index (χ2v) is 11.3. The maximum Gasteiger partial charge on any atom is 0.273 e. The number of unbranched alkanes of at least 4 members (excludes halogenated alkanes) is 3. The summed E-state index contributed by atoms with van der Waals surface area (Å²) in [5.41, 5.74) is 12.2. The molecule has 0 saturated carbocycles. The zero-order valence-electron chi connectivity index (χ0n) is 19.5. The number of hydrogen-bond donors (Lipinski definition) is 3. The number of hydrogen-bond acceptors (Lipinski definition) is 7. The van der Waals surface area contributed by atoms with Gasteiger partial charge in [0.05, 0.1) is 44.4 Å². The number of nitrogens with two attached hydrogens (primary N) is 2. The zero-order chi connectivity index (χ0) is 24.6. The third-order valence-electron chi connectivity index (χ3n) is 5.43. The van der Waals surface area contributed by atoms with Crippen LogP contribution in [0.2, 0.25) is 5.15 Å². The third-order valence-corrected chi connectivity index (χ3v) is 7.52. The Morgan fingerprint density at radius 1 is 1.00 bits per heavy atom. The first kappa shape index (κ1) is 26.8. The van der Waals surface area contributed by atoms with Crippen molar-refractivity contribution in [1.82, 2.24) is 15.3 Å². The van der Waals surface area contributed by atoms with E-state index in [1.54, 1.807) is 12.1 Å². The van der Waals surface area contributed by atoms with Gasteiger partial charge in [0, 0.05) is 0 Å². The minimum Gasteiger partial charge on any atom is -0.382 e. The van der Waals surface area contributed by atoms with Gasteiger partial charge in [0.2, 0.25) is 0 Å². The Bertz CT molecular complexity index is 1060. The summed E-state index contributed by atoms with van der Waals surface area (Å²) in [5.74, 6) is -0.359. The summed E-state index contributed by atoms with van der Waals surface area (Å²) in [7, 11) is 0.949. The van der Waals surface area contributed by atoms with Crippen LogP contribution in [0.4, 0.5) is 11.6 Å². The lowest BCUT2D eigenvalue weighted by Crippen LogP contribution is -2.46. The maximum absolute atomic E-state index is 12.4. The molecule has 0 radical (unpaired) electrons. The molecule has 1 heterocycles. The molecule has 0 unspecified atom stereocenters. The monoisotopic (exact) mass is 497 g/mol. The number of sulfone groups is 1. The molecule has 0 saturated heterocycles. The highest BCUT2D eigenvalue weighted by molar-refractivity contribution is 7.91. The van der Waals surface area contributed by atoms with E-state index in [2.05, 4.69) is 29.4 Å². The number of nitrogen functional groups attached to an aromatic ring is 2. The average Bonchev–Trinajstić information content (AvgIpc) is 2.73. The second-order valence-electron chi connectivity index (χ2n) is 8.82. The fraction of sp³-hybridized carbons (Fsp3) is 0.500. The molecule has 1 amide bonds. The van der Waals surface area contributed by atoms with Crippen LogP contribution in [0.15, 0.2) is 29.2 Å². The van der Waals surface area contributed by atoms with E-state index in [0.717, 1.165) is 31.4 Å². The van der Waals surface area contributed by atoms with E-state index in [1.165, 1.54) is 0 Å². The molecular weight excluding hydrogens is 464 g/mol. The predicted octanol–water partition coefficient (Wildman–Crippen LogP) is 2.44. The lowest BCUT2D eigenvalue weighted by molar-refractivity contribution is -0.889. The maximum atomic E-state index is 12.4. The summed E-state index contributed by atoms with van der Waals surface area (Å²) in [6.45, 7) is 3.99.